The molecule has 6 heteroatoms. The minimum Gasteiger partial charge on any atom is -0.448 e. The fourth-order valence-electron chi connectivity index (χ4n) is 2.50. The van der Waals surface area contributed by atoms with Gasteiger partial charge in [-0.05, 0) is 36.6 Å². The van der Waals surface area contributed by atoms with Crippen molar-refractivity contribution in [2.24, 2.45) is 5.92 Å². The van der Waals surface area contributed by atoms with Gasteiger partial charge in [-0.2, -0.15) is 0 Å². The molecule has 24 heavy (non-hydrogen) atoms. The molecule has 0 saturated carbocycles. The van der Waals surface area contributed by atoms with Crippen LogP contribution in [0.15, 0.2) is 40.8 Å². The summed E-state index contributed by atoms with van der Waals surface area (Å²) < 4.78 is 6.77. The van der Waals surface area contributed by atoms with Gasteiger partial charge in [-0.15, -0.1) is 11.3 Å². The Kier molecular flexibility index (Phi) is 4.97. The van der Waals surface area contributed by atoms with Gasteiger partial charge in [0.25, 0.3) is 5.91 Å². The summed E-state index contributed by atoms with van der Waals surface area (Å²) >= 11 is 1.53. The molecule has 0 spiro atoms. The maximum Gasteiger partial charge on any atom is 0.287 e. The van der Waals surface area contributed by atoms with Crippen molar-refractivity contribution in [3.63, 3.8) is 0 Å². The van der Waals surface area contributed by atoms with Crippen LogP contribution < -0.4 is 5.32 Å². The van der Waals surface area contributed by atoms with E-state index in [1.165, 1.54) is 11.3 Å². The molecule has 1 amide bonds. The molecule has 2 heterocycles. The van der Waals surface area contributed by atoms with Gasteiger partial charge in [-0.1, -0.05) is 26.0 Å². The number of hydrogen-bond donors (Lipinski definition) is 2. The largest absolute Gasteiger partial charge is 0.448 e. The molecule has 0 aliphatic heterocycles. The fourth-order valence-corrected chi connectivity index (χ4v) is 3.43. The third-order valence-corrected chi connectivity index (χ3v) is 4.95. The molecule has 126 valence electrons. The summed E-state index contributed by atoms with van der Waals surface area (Å²) in [6.45, 7) is 4.06. The molecule has 1 atom stereocenters. The summed E-state index contributed by atoms with van der Waals surface area (Å²) in [5, 5.41) is 12.8. The van der Waals surface area contributed by atoms with Gasteiger partial charge < -0.3 is 14.8 Å². The molecule has 0 saturated heterocycles. The van der Waals surface area contributed by atoms with E-state index >= 15 is 0 Å². The van der Waals surface area contributed by atoms with Crippen LogP contribution in [-0.4, -0.2) is 28.6 Å². The zero-order chi connectivity index (χ0) is 17.1. The van der Waals surface area contributed by atoms with Gasteiger partial charge in [0.05, 0.1) is 10.2 Å². The first-order valence-corrected chi connectivity index (χ1v) is 8.77. The van der Waals surface area contributed by atoms with Crippen LogP contribution in [0.4, 0.5) is 0 Å². The van der Waals surface area contributed by atoms with Crippen LogP contribution in [0.5, 0.6) is 0 Å². The number of benzene rings is 1. The summed E-state index contributed by atoms with van der Waals surface area (Å²) in [6, 6.07) is 11.2. The number of rotatable bonds is 6. The summed E-state index contributed by atoms with van der Waals surface area (Å²) in [6.07, 6.45) is 0.523. The number of aliphatic hydroxyl groups is 1. The zero-order valence-electron chi connectivity index (χ0n) is 13.7. The number of amides is 1. The lowest BCUT2D eigenvalue weighted by molar-refractivity contribution is 0.0889. The Bertz CT molecular complexity index is 805. The Labute approximate surface area is 144 Å². The first-order chi connectivity index (χ1) is 11.6. The molecule has 0 radical (unpaired) electrons. The van der Waals surface area contributed by atoms with Gasteiger partial charge in [0.2, 0.25) is 0 Å². The van der Waals surface area contributed by atoms with E-state index in [0.717, 1.165) is 15.2 Å². The van der Waals surface area contributed by atoms with Crippen LogP contribution in [0.25, 0.3) is 21.0 Å². The monoisotopic (exact) mass is 344 g/mol. The van der Waals surface area contributed by atoms with Crippen LogP contribution in [-0.2, 0) is 0 Å². The number of carbonyl (C=O) groups is 1. The summed E-state index contributed by atoms with van der Waals surface area (Å²) in [4.78, 5) is 16.9. The Morgan fingerprint density at radius 1 is 1.29 bits per heavy atom. The van der Waals surface area contributed by atoms with E-state index in [0.29, 0.717) is 12.2 Å². The third-order valence-electron chi connectivity index (χ3n) is 3.90. The normalized spacial score (nSPS) is 12.7. The number of fused-ring (bicyclic) bond motifs is 1. The minimum atomic E-state index is -0.269. The topological polar surface area (TPSA) is 75.4 Å². The molecule has 0 fully saturated rings. The molecule has 3 rings (SSSR count). The van der Waals surface area contributed by atoms with Gasteiger partial charge in [0.15, 0.2) is 16.5 Å². The highest BCUT2D eigenvalue weighted by atomic mass is 32.1. The number of aromatic nitrogens is 1. The van der Waals surface area contributed by atoms with Crippen molar-refractivity contribution in [3.8, 4) is 10.8 Å². The van der Waals surface area contributed by atoms with Gasteiger partial charge in [0.1, 0.15) is 0 Å². The number of aliphatic hydroxyl groups excluding tert-OH is 1. The maximum atomic E-state index is 12.3. The van der Waals surface area contributed by atoms with Crippen LogP contribution >= 0.6 is 11.3 Å². The molecule has 5 nitrogen and oxygen atoms in total. The van der Waals surface area contributed by atoms with Crippen molar-refractivity contribution in [2.75, 3.05) is 6.61 Å². The molecular weight excluding hydrogens is 324 g/mol. The predicted octanol–water partition coefficient (Wildman–Crippen LogP) is 3.69. The van der Waals surface area contributed by atoms with Crippen molar-refractivity contribution in [1.29, 1.82) is 0 Å². The van der Waals surface area contributed by atoms with Crippen LogP contribution in [0.3, 0.4) is 0 Å². The molecule has 2 aromatic heterocycles. The third kappa shape index (κ3) is 3.49. The second-order valence-corrected chi connectivity index (χ2v) is 7.02. The lowest BCUT2D eigenvalue weighted by Gasteiger charge is -2.20. The van der Waals surface area contributed by atoms with Crippen LogP contribution in [0.1, 0.15) is 30.8 Å². The Morgan fingerprint density at radius 3 is 2.79 bits per heavy atom. The molecule has 0 aliphatic rings. The van der Waals surface area contributed by atoms with Gasteiger partial charge in [-0.3, -0.25) is 4.79 Å². The molecule has 2 N–H and O–H groups in total. The number of carbonyl (C=O) groups excluding carboxylic acids is 1. The van der Waals surface area contributed by atoms with Crippen molar-refractivity contribution >= 4 is 27.5 Å². The predicted molar refractivity (Wildman–Crippen MR) is 95.1 cm³/mol. The van der Waals surface area contributed by atoms with Crippen molar-refractivity contribution in [1.82, 2.24) is 10.3 Å². The highest BCUT2D eigenvalue weighted by molar-refractivity contribution is 7.21. The van der Waals surface area contributed by atoms with E-state index in [1.54, 1.807) is 12.1 Å². The number of hydrogen-bond acceptors (Lipinski definition) is 5. The quantitative estimate of drug-likeness (QED) is 0.715. The van der Waals surface area contributed by atoms with E-state index < -0.39 is 0 Å². The number of para-hydroxylation sites is 1. The van der Waals surface area contributed by atoms with E-state index in [9.17, 15) is 4.79 Å². The summed E-state index contributed by atoms with van der Waals surface area (Å²) in [5.41, 5.74) is 0.919. The van der Waals surface area contributed by atoms with Crippen molar-refractivity contribution in [3.05, 3.63) is 42.2 Å². The second-order valence-electron chi connectivity index (χ2n) is 5.99. The van der Waals surface area contributed by atoms with Gasteiger partial charge >= 0.3 is 0 Å². The summed E-state index contributed by atoms with van der Waals surface area (Å²) in [7, 11) is 0. The van der Waals surface area contributed by atoms with Crippen molar-refractivity contribution < 1.29 is 14.3 Å². The smallest absolute Gasteiger partial charge is 0.287 e. The Morgan fingerprint density at radius 2 is 2.08 bits per heavy atom. The van der Waals surface area contributed by atoms with Gasteiger partial charge in [-0.25, -0.2) is 4.98 Å². The number of nitrogens with one attached hydrogen (secondary N) is 1. The molecule has 1 unspecified atom stereocenters. The van der Waals surface area contributed by atoms with E-state index in [4.69, 9.17) is 9.52 Å². The molecule has 0 bridgehead atoms. The average Bonchev–Trinajstić information content (AvgIpc) is 3.20. The Hall–Kier alpha value is -2.18. The van der Waals surface area contributed by atoms with E-state index in [2.05, 4.69) is 10.3 Å². The maximum absolute atomic E-state index is 12.3. The molecule has 0 aliphatic carbocycles. The standard InChI is InChI=1S/C18H20N2O3S/c1-11(2)12(9-10-21)19-17(22)14-7-8-15(23-14)18-20-13-5-3-4-6-16(13)24-18/h3-8,11-12,21H,9-10H2,1-2H3,(H,19,22). The van der Waals surface area contributed by atoms with Gasteiger partial charge in [0, 0.05) is 12.6 Å². The average molecular weight is 344 g/mol. The Balaban J connectivity index is 1.78. The van der Waals surface area contributed by atoms with E-state index in [-0.39, 0.29) is 30.2 Å². The van der Waals surface area contributed by atoms with Crippen molar-refractivity contribution in [2.45, 2.75) is 26.3 Å². The van der Waals surface area contributed by atoms with E-state index in [1.807, 2.05) is 38.1 Å². The first kappa shape index (κ1) is 16.7. The lowest BCUT2D eigenvalue weighted by atomic mass is 10.0. The minimum absolute atomic E-state index is 0.0399. The number of furan rings is 1. The highest BCUT2D eigenvalue weighted by Gasteiger charge is 2.20. The first-order valence-electron chi connectivity index (χ1n) is 7.96. The highest BCUT2D eigenvalue weighted by Crippen LogP contribution is 2.31. The van der Waals surface area contributed by atoms with Crippen LogP contribution in [0, 0.1) is 5.92 Å². The molecule has 1 aromatic carbocycles. The molecule has 3 aromatic rings. The molecular formula is C18H20N2O3S. The zero-order valence-corrected chi connectivity index (χ0v) is 14.5. The summed E-state index contributed by atoms with van der Waals surface area (Å²) in [5.74, 6) is 0.812. The SMILES string of the molecule is CC(C)C(CCO)NC(=O)c1ccc(-c2nc3ccccc3s2)o1. The fraction of sp³-hybridized carbons (Fsp3) is 0.333. The number of thiazole rings is 1. The lowest BCUT2D eigenvalue weighted by Crippen LogP contribution is -2.39. The van der Waals surface area contributed by atoms with Crippen LogP contribution in [0.2, 0.25) is 0 Å². The number of nitrogens with zero attached hydrogens (tertiary/aromatic N) is 1. The second kappa shape index (κ2) is 7.15.